The summed E-state index contributed by atoms with van der Waals surface area (Å²) in [5, 5.41) is 0. The number of methoxy groups -OCH3 is 1. The van der Waals surface area contributed by atoms with E-state index in [0.29, 0.717) is 29.4 Å². The maximum atomic E-state index is 12.8. The summed E-state index contributed by atoms with van der Waals surface area (Å²) in [5.41, 5.74) is 5.17. The topological polar surface area (TPSA) is 35.2 Å². The minimum Gasteiger partial charge on any atom is -0.495 e. The average Bonchev–Trinajstić information content (AvgIpc) is 2.24. The molecular weight excluding hydrogens is 299 g/mol. The Morgan fingerprint density at radius 1 is 1.35 bits per heavy atom. The smallest absolute Gasteiger partial charge is 0.420 e. The molecule has 0 bridgehead atoms. The first-order valence-electron chi connectivity index (χ1n) is 5.03. The summed E-state index contributed by atoms with van der Waals surface area (Å²) in [7, 11) is 1.22. The number of nitrogens with two attached hydrogens (primary N) is 1. The van der Waals surface area contributed by atoms with Gasteiger partial charge in [-0.05, 0) is 53.0 Å². The number of ether oxygens (including phenoxy) is 1. The molecule has 0 atom stereocenters. The van der Waals surface area contributed by atoms with Crippen LogP contribution in [0.25, 0.3) is 0 Å². The Hall–Kier alpha value is -0.750. The van der Waals surface area contributed by atoms with Crippen LogP contribution in [0.15, 0.2) is 16.6 Å². The van der Waals surface area contributed by atoms with Gasteiger partial charge in [-0.25, -0.2) is 0 Å². The fraction of sp³-hybridized carbons (Fsp3) is 0.455. The molecule has 6 heteroatoms. The van der Waals surface area contributed by atoms with Crippen LogP contribution in [0.3, 0.4) is 0 Å². The molecule has 0 unspecified atom stereocenters. The third-order valence-corrected chi connectivity index (χ3v) is 2.87. The minimum atomic E-state index is -4.42. The van der Waals surface area contributed by atoms with Gasteiger partial charge in [-0.2, -0.15) is 13.2 Å². The van der Waals surface area contributed by atoms with Crippen LogP contribution < -0.4 is 10.5 Å². The van der Waals surface area contributed by atoms with Gasteiger partial charge in [0.2, 0.25) is 0 Å². The predicted octanol–water partition coefficient (Wildman–Crippen LogP) is 3.37. The Bertz CT molecular complexity index is 393. The Morgan fingerprint density at radius 3 is 2.47 bits per heavy atom. The predicted molar refractivity (Wildman–Crippen MR) is 63.1 cm³/mol. The molecule has 1 rings (SSSR count). The molecule has 0 amide bonds. The summed E-state index contributed by atoms with van der Waals surface area (Å²) in [5.74, 6) is -0.186. The molecule has 1 aromatic rings. The molecule has 0 saturated carbocycles. The highest BCUT2D eigenvalue weighted by Gasteiger charge is 2.35. The van der Waals surface area contributed by atoms with E-state index in [0.717, 1.165) is 6.07 Å². The van der Waals surface area contributed by atoms with Gasteiger partial charge in [-0.15, -0.1) is 0 Å². The maximum Gasteiger partial charge on any atom is 0.420 e. The Kier molecular flexibility index (Phi) is 4.82. The molecule has 17 heavy (non-hydrogen) atoms. The molecule has 0 aliphatic rings. The van der Waals surface area contributed by atoms with E-state index in [4.69, 9.17) is 10.5 Å². The monoisotopic (exact) mass is 311 g/mol. The van der Waals surface area contributed by atoms with E-state index in [1.165, 1.54) is 7.11 Å². The number of benzene rings is 1. The average molecular weight is 312 g/mol. The summed E-state index contributed by atoms with van der Waals surface area (Å²) in [6, 6.07) is 2.74. The van der Waals surface area contributed by atoms with Gasteiger partial charge in [0.15, 0.2) is 0 Å². The zero-order valence-electron chi connectivity index (χ0n) is 9.27. The molecule has 96 valence electrons. The van der Waals surface area contributed by atoms with Crippen molar-refractivity contribution in [2.45, 2.75) is 19.0 Å². The summed E-state index contributed by atoms with van der Waals surface area (Å²) >= 11 is 3.09. The van der Waals surface area contributed by atoms with Crippen molar-refractivity contribution in [3.63, 3.8) is 0 Å². The van der Waals surface area contributed by atoms with Crippen molar-refractivity contribution in [3.05, 3.63) is 27.7 Å². The molecule has 1 aromatic carbocycles. The van der Waals surface area contributed by atoms with E-state index in [1.54, 1.807) is 6.07 Å². The highest BCUT2D eigenvalue weighted by molar-refractivity contribution is 9.10. The van der Waals surface area contributed by atoms with E-state index in [2.05, 4.69) is 15.9 Å². The summed E-state index contributed by atoms with van der Waals surface area (Å²) in [4.78, 5) is 0. The lowest BCUT2D eigenvalue weighted by atomic mass is 10.1. The number of aryl methyl sites for hydroxylation is 1. The zero-order chi connectivity index (χ0) is 13.1. The zero-order valence-corrected chi connectivity index (χ0v) is 10.9. The summed E-state index contributed by atoms with van der Waals surface area (Å²) in [6.07, 6.45) is -3.26. The second kappa shape index (κ2) is 5.73. The van der Waals surface area contributed by atoms with E-state index in [9.17, 15) is 13.2 Å². The number of halogens is 4. The van der Waals surface area contributed by atoms with Crippen molar-refractivity contribution in [1.29, 1.82) is 0 Å². The molecule has 2 nitrogen and oxygen atoms in total. The van der Waals surface area contributed by atoms with E-state index in [1.807, 2.05) is 0 Å². The lowest BCUT2D eigenvalue weighted by Crippen LogP contribution is -2.09. The van der Waals surface area contributed by atoms with E-state index in [-0.39, 0.29) is 5.75 Å². The van der Waals surface area contributed by atoms with Crippen molar-refractivity contribution in [3.8, 4) is 5.75 Å². The molecule has 0 spiro atoms. The Balaban J connectivity index is 3.19. The van der Waals surface area contributed by atoms with E-state index >= 15 is 0 Å². The van der Waals surface area contributed by atoms with Crippen molar-refractivity contribution < 1.29 is 17.9 Å². The summed E-state index contributed by atoms with van der Waals surface area (Å²) in [6.45, 7) is 0.449. The van der Waals surface area contributed by atoms with Gasteiger partial charge in [0.05, 0.1) is 17.1 Å². The third-order valence-electron chi connectivity index (χ3n) is 2.28. The fourth-order valence-corrected chi connectivity index (χ4v) is 2.19. The molecule has 0 saturated heterocycles. The second-order valence-electron chi connectivity index (χ2n) is 3.55. The number of rotatable bonds is 4. The molecular formula is C11H13BrF3NO. The number of hydrogen-bond donors (Lipinski definition) is 1. The normalized spacial score (nSPS) is 11.6. The lowest BCUT2D eigenvalue weighted by molar-refractivity contribution is -0.138. The van der Waals surface area contributed by atoms with Gasteiger partial charge in [0.1, 0.15) is 5.75 Å². The first-order valence-corrected chi connectivity index (χ1v) is 5.83. The third kappa shape index (κ3) is 3.61. The van der Waals surface area contributed by atoms with Crippen LogP contribution in [-0.2, 0) is 12.6 Å². The van der Waals surface area contributed by atoms with Crippen molar-refractivity contribution >= 4 is 15.9 Å². The highest BCUT2D eigenvalue weighted by atomic mass is 79.9. The SMILES string of the molecule is COc1c(Br)cc(CCCN)cc1C(F)(F)F. The van der Waals surface area contributed by atoms with Crippen LogP contribution in [0.4, 0.5) is 13.2 Å². The molecule has 2 N–H and O–H groups in total. The lowest BCUT2D eigenvalue weighted by Gasteiger charge is -2.15. The number of alkyl halides is 3. The largest absolute Gasteiger partial charge is 0.495 e. The number of hydrogen-bond acceptors (Lipinski definition) is 2. The first-order chi connectivity index (χ1) is 7.90. The molecule has 0 fully saturated rings. The molecule has 0 aliphatic carbocycles. The standard InChI is InChI=1S/C11H13BrF3NO/c1-17-10-8(11(13,14)15)5-7(3-2-4-16)6-9(10)12/h5-6H,2-4,16H2,1H3. The maximum absolute atomic E-state index is 12.8. The van der Waals surface area contributed by atoms with Crippen LogP contribution in [0, 0.1) is 0 Å². The van der Waals surface area contributed by atoms with Gasteiger partial charge >= 0.3 is 6.18 Å². The molecule has 0 aromatic heterocycles. The van der Waals surface area contributed by atoms with Crippen LogP contribution in [0.1, 0.15) is 17.5 Å². The van der Waals surface area contributed by atoms with Crippen LogP contribution >= 0.6 is 15.9 Å². The van der Waals surface area contributed by atoms with Crippen molar-refractivity contribution in [2.24, 2.45) is 5.73 Å². The van der Waals surface area contributed by atoms with Crippen LogP contribution in [-0.4, -0.2) is 13.7 Å². The minimum absolute atomic E-state index is 0.186. The van der Waals surface area contributed by atoms with Gasteiger partial charge in [-0.1, -0.05) is 0 Å². The van der Waals surface area contributed by atoms with Gasteiger partial charge in [0.25, 0.3) is 0 Å². The second-order valence-corrected chi connectivity index (χ2v) is 4.40. The molecule has 0 aliphatic heterocycles. The van der Waals surface area contributed by atoms with Crippen molar-refractivity contribution in [2.75, 3.05) is 13.7 Å². The van der Waals surface area contributed by atoms with Gasteiger partial charge < -0.3 is 10.5 Å². The van der Waals surface area contributed by atoms with E-state index < -0.39 is 11.7 Å². The van der Waals surface area contributed by atoms with Crippen LogP contribution in [0.2, 0.25) is 0 Å². The van der Waals surface area contributed by atoms with Crippen LogP contribution in [0.5, 0.6) is 5.75 Å². The fourth-order valence-electron chi connectivity index (χ4n) is 1.52. The summed E-state index contributed by atoms with van der Waals surface area (Å²) < 4.78 is 43.5. The Morgan fingerprint density at radius 2 is 2.00 bits per heavy atom. The molecule has 0 radical (unpaired) electrons. The van der Waals surface area contributed by atoms with Gasteiger partial charge in [0, 0.05) is 0 Å². The Labute approximate surface area is 106 Å². The highest BCUT2D eigenvalue weighted by Crippen LogP contribution is 2.41. The molecule has 0 heterocycles. The van der Waals surface area contributed by atoms with Crippen molar-refractivity contribution in [1.82, 2.24) is 0 Å². The van der Waals surface area contributed by atoms with Gasteiger partial charge in [-0.3, -0.25) is 0 Å². The quantitative estimate of drug-likeness (QED) is 0.925. The first kappa shape index (κ1) is 14.3.